The molecular weight excluding hydrogens is 454 g/mol. The molecule has 0 spiro atoms. The zero-order chi connectivity index (χ0) is 25.4. The van der Waals surface area contributed by atoms with Gasteiger partial charge in [-0.2, -0.15) is 0 Å². The molecule has 1 aliphatic heterocycles. The quantitative estimate of drug-likeness (QED) is 0.223. The Morgan fingerprint density at radius 3 is 2.19 bits per heavy atom. The second kappa shape index (κ2) is 9.23. The van der Waals surface area contributed by atoms with Crippen LogP contribution < -0.4 is 14.4 Å². The Hall–Kier alpha value is -4.58. The lowest BCUT2D eigenvalue weighted by molar-refractivity contribution is -0.132. The van der Waals surface area contributed by atoms with Crippen LogP contribution in [-0.4, -0.2) is 31.0 Å². The summed E-state index contributed by atoms with van der Waals surface area (Å²) in [5.74, 6) is -0.399. The molecule has 1 atom stereocenters. The number of fused-ring (bicyclic) bond motifs is 1. The highest BCUT2D eigenvalue weighted by molar-refractivity contribution is 6.52. The van der Waals surface area contributed by atoms with Gasteiger partial charge in [-0.1, -0.05) is 42.5 Å². The molecule has 6 nitrogen and oxygen atoms in total. The van der Waals surface area contributed by atoms with Crippen molar-refractivity contribution in [1.29, 1.82) is 0 Å². The SMILES string of the molecule is COc1ccc(N2C(=O)C(=O)/C(=C(/O)c3ccc(OC)cc3C)C2c2cccc3ccccc23)cc1. The molecule has 0 bridgehead atoms. The first kappa shape index (κ1) is 23.2. The van der Waals surface area contributed by atoms with Crippen LogP contribution in [0.25, 0.3) is 16.5 Å². The summed E-state index contributed by atoms with van der Waals surface area (Å²) in [5.41, 5.74) is 2.51. The third-order valence-electron chi connectivity index (χ3n) is 6.60. The van der Waals surface area contributed by atoms with Crippen LogP contribution in [0.4, 0.5) is 5.69 Å². The molecular formula is C30H25NO5. The zero-order valence-electron chi connectivity index (χ0n) is 20.2. The van der Waals surface area contributed by atoms with Gasteiger partial charge >= 0.3 is 0 Å². The molecule has 1 amide bonds. The van der Waals surface area contributed by atoms with Crippen LogP contribution >= 0.6 is 0 Å². The van der Waals surface area contributed by atoms with E-state index in [2.05, 4.69) is 0 Å². The Morgan fingerprint density at radius 1 is 0.833 bits per heavy atom. The number of anilines is 1. The maximum atomic E-state index is 13.5. The number of carbonyl (C=O) groups excluding carboxylic acids is 2. The molecule has 0 aliphatic carbocycles. The molecule has 1 aliphatic rings. The molecule has 1 fully saturated rings. The van der Waals surface area contributed by atoms with Crippen LogP contribution in [0.3, 0.4) is 0 Å². The summed E-state index contributed by atoms with van der Waals surface area (Å²) in [6, 6.07) is 24.9. The third-order valence-corrected chi connectivity index (χ3v) is 6.60. The number of benzene rings is 4. The lowest BCUT2D eigenvalue weighted by atomic mass is 9.90. The number of hydrogen-bond acceptors (Lipinski definition) is 5. The van der Waals surface area contributed by atoms with Crippen molar-refractivity contribution in [2.75, 3.05) is 19.1 Å². The number of nitrogens with zero attached hydrogens (tertiary/aromatic N) is 1. The van der Waals surface area contributed by atoms with Crippen LogP contribution in [-0.2, 0) is 9.59 Å². The lowest BCUT2D eigenvalue weighted by Crippen LogP contribution is -2.29. The van der Waals surface area contributed by atoms with Crippen LogP contribution in [0.1, 0.15) is 22.7 Å². The molecule has 6 heteroatoms. The zero-order valence-corrected chi connectivity index (χ0v) is 20.2. The number of ether oxygens (including phenoxy) is 2. The molecule has 1 saturated heterocycles. The van der Waals surface area contributed by atoms with Gasteiger partial charge < -0.3 is 14.6 Å². The number of aryl methyl sites for hydroxylation is 1. The van der Waals surface area contributed by atoms with Gasteiger partial charge in [0.05, 0.1) is 25.8 Å². The second-order valence-corrected chi connectivity index (χ2v) is 8.62. The maximum Gasteiger partial charge on any atom is 0.300 e. The fraction of sp³-hybridized carbons (Fsp3) is 0.133. The molecule has 1 heterocycles. The predicted molar refractivity (Wildman–Crippen MR) is 139 cm³/mol. The second-order valence-electron chi connectivity index (χ2n) is 8.62. The minimum Gasteiger partial charge on any atom is -0.507 e. The fourth-order valence-electron chi connectivity index (χ4n) is 4.80. The first-order valence-electron chi connectivity index (χ1n) is 11.5. The van der Waals surface area contributed by atoms with E-state index in [9.17, 15) is 14.7 Å². The van der Waals surface area contributed by atoms with E-state index in [0.29, 0.717) is 22.7 Å². The Kier molecular flexibility index (Phi) is 5.94. The van der Waals surface area contributed by atoms with E-state index >= 15 is 0 Å². The summed E-state index contributed by atoms with van der Waals surface area (Å²) >= 11 is 0. The van der Waals surface area contributed by atoms with Gasteiger partial charge in [0.15, 0.2) is 0 Å². The topological polar surface area (TPSA) is 76.1 Å². The van der Waals surface area contributed by atoms with Crippen molar-refractivity contribution in [3.8, 4) is 11.5 Å². The number of hydrogen-bond donors (Lipinski definition) is 1. The van der Waals surface area contributed by atoms with Crippen LogP contribution in [0, 0.1) is 6.92 Å². The number of aliphatic hydroxyl groups excluding tert-OH is 1. The summed E-state index contributed by atoms with van der Waals surface area (Å²) in [6.45, 7) is 1.82. The number of aliphatic hydroxyl groups is 1. The summed E-state index contributed by atoms with van der Waals surface area (Å²) in [6.07, 6.45) is 0. The highest BCUT2D eigenvalue weighted by atomic mass is 16.5. The van der Waals surface area contributed by atoms with Gasteiger partial charge in [-0.15, -0.1) is 0 Å². The molecule has 36 heavy (non-hydrogen) atoms. The summed E-state index contributed by atoms with van der Waals surface area (Å²) in [5, 5.41) is 13.4. The average molecular weight is 480 g/mol. The number of amides is 1. The van der Waals surface area contributed by atoms with Crippen molar-refractivity contribution in [3.05, 3.63) is 107 Å². The molecule has 4 aromatic rings. The number of ketones is 1. The molecule has 0 aromatic heterocycles. The Labute approximate surface area is 209 Å². The minimum atomic E-state index is -0.828. The average Bonchev–Trinajstić information content (AvgIpc) is 3.17. The number of methoxy groups -OCH3 is 2. The van der Waals surface area contributed by atoms with Gasteiger partial charge in [-0.05, 0) is 71.3 Å². The van der Waals surface area contributed by atoms with E-state index in [1.165, 1.54) is 4.90 Å². The minimum absolute atomic E-state index is 0.0421. The van der Waals surface area contributed by atoms with Crippen LogP contribution in [0.5, 0.6) is 11.5 Å². The molecule has 0 saturated carbocycles. The highest BCUT2D eigenvalue weighted by Crippen LogP contribution is 2.44. The van der Waals surface area contributed by atoms with E-state index < -0.39 is 17.7 Å². The largest absolute Gasteiger partial charge is 0.507 e. The summed E-state index contributed by atoms with van der Waals surface area (Å²) in [4.78, 5) is 28.5. The predicted octanol–water partition coefficient (Wildman–Crippen LogP) is 5.79. The molecule has 0 radical (unpaired) electrons. The number of Topliss-reactive ketones (excluding diaryl/α,β-unsaturated/α-hetero) is 1. The van der Waals surface area contributed by atoms with E-state index in [1.807, 2.05) is 49.4 Å². The Morgan fingerprint density at radius 2 is 1.50 bits per heavy atom. The van der Waals surface area contributed by atoms with E-state index in [0.717, 1.165) is 21.9 Å². The summed E-state index contributed by atoms with van der Waals surface area (Å²) < 4.78 is 10.6. The molecule has 5 rings (SSSR count). The number of rotatable bonds is 5. The van der Waals surface area contributed by atoms with Gasteiger partial charge in [0.2, 0.25) is 0 Å². The Balaban J connectivity index is 1.78. The van der Waals surface area contributed by atoms with Gasteiger partial charge in [-0.25, -0.2) is 0 Å². The first-order valence-corrected chi connectivity index (χ1v) is 11.5. The van der Waals surface area contributed by atoms with Crippen molar-refractivity contribution < 1.29 is 24.2 Å². The molecule has 4 aromatic carbocycles. The lowest BCUT2D eigenvalue weighted by Gasteiger charge is -2.26. The standard InChI is InChI=1S/C30H25NO5/c1-18-17-22(36-3)15-16-23(18)28(32)26-27(25-10-6-8-19-7-4-5-9-24(19)25)31(30(34)29(26)33)20-11-13-21(35-2)14-12-20/h4-17,27,32H,1-3H3/b28-26+. The maximum absolute atomic E-state index is 13.5. The van der Waals surface area contributed by atoms with Crippen LogP contribution in [0.2, 0.25) is 0 Å². The number of carbonyl (C=O) groups is 2. The van der Waals surface area contributed by atoms with Crippen molar-refractivity contribution in [3.63, 3.8) is 0 Å². The van der Waals surface area contributed by atoms with Crippen molar-refractivity contribution in [2.24, 2.45) is 0 Å². The molecule has 180 valence electrons. The normalized spacial score (nSPS) is 17.0. The summed E-state index contributed by atoms with van der Waals surface area (Å²) in [7, 11) is 3.13. The van der Waals surface area contributed by atoms with Gasteiger partial charge in [0.25, 0.3) is 11.7 Å². The van der Waals surface area contributed by atoms with E-state index in [1.54, 1.807) is 56.7 Å². The van der Waals surface area contributed by atoms with Crippen molar-refractivity contribution in [1.82, 2.24) is 0 Å². The first-order chi connectivity index (χ1) is 17.4. The monoisotopic (exact) mass is 479 g/mol. The van der Waals surface area contributed by atoms with Crippen LogP contribution in [0.15, 0.2) is 90.5 Å². The fourth-order valence-corrected chi connectivity index (χ4v) is 4.80. The highest BCUT2D eigenvalue weighted by Gasteiger charge is 2.47. The van der Waals surface area contributed by atoms with Crippen molar-refractivity contribution >= 4 is 33.9 Å². The smallest absolute Gasteiger partial charge is 0.300 e. The molecule has 1 unspecified atom stereocenters. The van der Waals surface area contributed by atoms with Gasteiger partial charge in [-0.3, -0.25) is 14.5 Å². The molecule has 1 N–H and O–H groups in total. The van der Waals surface area contributed by atoms with E-state index in [4.69, 9.17) is 9.47 Å². The third kappa shape index (κ3) is 3.77. The van der Waals surface area contributed by atoms with Crippen molar-refractivity contribution in [2.45, 2.75) is 13.0 Å². The Bertz CT molecular complexity index is 1520. The van der Waals surface area contributed by atoms with Gasteiger partial charge in [0, 0.05) is 11.3 Å². The van der Waals surface area contributed by atoms with Gasteiger partial charge in [0.1, 0.15) is 17.3 Å². The van der Waals surface area contributed by atoms with E-state index in [-0.39, 0.29) is 11.3 Å².